The number of halogens is 2. The highest BCUT2D eigenvalue weighted by Gasteiger charge is 2.34. The summed E-state index contributed by atoms with van der Waals surface area (Å²) in [4.78, 5) is 88.2. The predicted octanol–water partition coefficient (Wildman–Crippen LogP) is 6.23. The van der Waals surface area contributed by atoms with Crippen LogP contribution in [0.3, 0.4) is 0 Å². The lowest BCUT2D eigenvalue weighted by Gasteiger charge is -2.28. The normalized spacial score (nSPS) is 19.4. The first-order valence-corrected chi connectivity index (χ1v) is 34.2. The molecule has 2 aromatic carbocycles. The minimum atomic E-state index is -1.27. The predicted molar refractivity (Wildman–Crippen MR) is 355 cm³/mol. The molecule has 4 aliphatic heterocycles. The number of amides is 8. The van der Waals surface area contributed by atoms with Crippen molar-refractivity contribution in [3.63, 3.8) is 0 Å². The van der Waals surface area contributed by atoms with Gasteiger partial charge in [0.1, 0.15) is 62.5 Å². The number of hydrogen-bond donors (Lipinski definition) is 6. The third kappa shape index (κ3) is 28.0. The largest absolute Gasteiger partial charge is 0.490 e. The third-order valence-corrected chi connectivity index (χ3v) is 17.0. The second kappa shape index (κ2) is 41.3. The molecule has 0 spiro atoms. The number of hydrogen-bond acceptors (Lipinski definition) is 20. The van der Waals surface area contributed by atoms with Gasteiger partial charge in [0.15, 0.2) is 23.1 Å². The first kappa shape index (κ1) is 79.6. The van der Waals surface area contributed by atoms with E-state index in [9.17, 15) is 57.4 Å². The van der Waals surface area contributed by atoms with Gasteiger partial charge in [-0.15, -0.1) is 34.9 Å². The van der Waals surface area contributed by atoms with Gasteiger partial charge in [0.2, 0.25) is 0 Å². The van der Waals surface area contributed by atoms with E-state index in [1.54, 1.807) is 46.0 Å². The number of imide groups is 4. The van der Waals surface area contributed by atoms with E-state index in [0.717, 1.165) is 87.9 Å². The molecule has 10 rings (SSSR count). The molecular weight excluding hydrogens is 1290 g/mol. The van der Waals surface area contributed by atoms with Crippen LogP contribution in [0.4, 0.5) is 8.78 Å². The highest BCUT2D eigenvalue weighted by Crippen LogP contribution is 2.36. The van der Waals surface area contributed by atoms with Crippen LogP contribution in [0.5, 0.6) is 11.5 Å². The Morgan fingerprint density at radius 3 is 1.26 bits per heavy atom. The van der Waals surface area contributed by atoms with Crippen LogP contribution >= 0.6 is 0 Å². The molecule has 8 amide bonds. The molecule has 4 saturated heterocycles. The van der Waals surface area contributed by atoms with Crippen LogP contribution in [0.25, 0.3) is 0 Å². The minimum absolute atomic E-state index is 0.00569. The average molecular weight is 1380 g/mol. The van der Waals surface area contributed by atoms with E-state index in [0.29, 0.717) is 87.5 Å². The van der Waals surface area contributed by atoms with Gasteiger partial charge < -0.3 is 38.6 Å². The Kier molecular flexibility index (Phi) is 33.2. The van der Waals surface area contributed by atoms with Crippen molar-refractivity contribution in [3.8, 4) is 36.2 Å². The summed E-state index contributed by atoms with van der Waals surface area (Å²) < 4.78 is 63.3. The lowest BCUT2D eigenvalue weighted by molar-refractivity contribution is -0.151. The van der Waals surface area contributed by atoms with E-state index in [4.69, 9.17) is 36.5 Å². The Balaban J connectivity index is 0.000000220. The molecular formula is C71H96F2N10O16. The Morgan fingerprint density at radius 1 is 0.556 bits per heavy atom. The zero-order valence-corrected chi connectivity index (χ0v) is 57.2. The van der Waals surface area contributed by atoms with Crippen LogP contribution in [0.15, 0.2) is 48.8 Å². The number of rotatable bonds is 32. The molecule has 2 aromatic heterocycles. The molecule has 26 nitrogen and oxygen atoms in total. The number of benzene rings is 2. The summed E-state index contributed by atoms with van der Waals surface area (Å²) in [7, 11) is 0. The summed E-state index contributed by atoms with van der Waals surface area (Å²) in [6.07, 6.45) is 30.1. The molecule has 6 fully saturated rings. The molecule has 28 heteroatoms. The van der Waals surface area contributed by atoms with Gasteiger partial charge >= 0.3 is 0 Å². The second-order valence-corrected chi connectivity index (χ2v) is 25.7. The summed E-state index contributed by atoms with van der Waals surface area (Å²) in [5, 5.41) is 48.0. The van der Waals surface area contributed by atoms with Crippen molar-refractivity contribution in [2.45, 2.75) is 212 Å². The number of morpholine rings is 4. The number of carbonyl (C=O) groups is 8. The maximum Gasteiger partial charge on any atom is 0.255 e. The highest BCUT2D eigenvalue weighted by atomic mass is 19.1. The number of aliphatic hydroxyl groups is 2. The summed E-state index contributed by atoms with van der Waals surface area (Å²) >= 11 is 0. The fourth-order valence-corrected chi connectivity index (χ4v) is 10.5. The minimum Gasteiger partial charge on any atom is -0.490 e. The Hall–Kier alpha value is -8.38. The fourth-order valence-electron chi connectivity index (χ4n) is 10.5. The van der Waals surface area contributed by atoms with Gasteiger partial charge in [0, 0.05) is 12.8 Å². The highest BCUT2D eigenvalue weighted by molar-refractivity contribution is 6.01. The van der Waals surface area contributed by atoms with Gasteiger partial charge in [0.05, 0.1) is 50.1 Å². The molecule has 99 heavy (non-hydrogen) atoms. The molecule has 0 radical (unpaired) electrons. The second-order valence-electron chi connectivity index (χ2n) is 25.7. The summed E-state index contributed by atoms with van der Waals surface area (Å²) in [6.45, 7) is 9.33. The first-order chi connectivity index (χ1) is 47.5. The number of ether oxygens (including phenoxy) is 6. The van der Waals surface area contributed by atoms with Gasteiger partial charge in [-0.05, 0) is 169 Å². The SMILES string of the molecule is C#CCCCCC(C)C.C#CCCCCC1OCC(=O)NC1=O.CC[C@@](O)(Cn1nncc1CCCCC1OCC(=O)NC1=O)c1ccc(F)c(OCC2CC2)c1.CC[C@@](O)(Cn1nncc1CCCCC1OCC(=O)NC1=O)c1ccc(F)c(OCC2CC2)c1.O=C1COCC(=O)N1. The number of unbranched alkanes of at least 4 members (excludes halogenated alkanes) is 6. The van der Waals surface area contributed by atoms with E-state index in [1.807, 2.05) is 13.8 Å². The Morgan fingerprint density at radius 2 is 0.929 bits per heavy atom. The average Bonchev–Trinajstić information content (AvgIpc) is 1.76. The fraction of sp³-hybridized carbons (Fsp3) is 0.606. The molecule has 6 heterocycles. The van der Waals surface area contributed by atoms with Crippen LogP contribution in [-0.4, -0.2) is 152 Å². The van der Waals surface area contributed by atoms with E-state index in [2.05, 4.69) is 72.3 Å². The van der Waals surface area contributed by atoms with Crippen LogP contribution in [-0.2, 0) is 94.4 Å². The van der Waals surface area contributed by atoms with Crippen LogP contribution in [0.2, 0.25) is 0 Å². The quantitative estimate of drug-likeness (QED) is 0.0179. The molecule has 2 saturated carbocycles. The molecule has 0 bridgehead atoms. The molecule has 2 aliphatic carbocycles. The third-order valence-electron chi connectivity index (χ3n) is 17.0. The first-order valence-electron chi connectivity index (χ1n) is 34.2. The molecule has 4 aromatic rings. The number of carbonyl (C=O) groups excluding carboxylic acids is 8. The summed E-state index contributed by atoms with van der Waals surface area (Å²) in [6, 6.07) is 8.99. The monoisotopic (exact) mass is 1380 g/mol. The van der Waals surface area contributed by atoms with Gasteiger partial charge in [-0.3, -0.25) is 59.6 Å². The summed E-state index contributed by atoms with van der Waals surface area (Å²) in [5.41, 5.74) is 0.298. The molecule has 6 N–H and O–H groups in total. The number of nitrogens with zero attached hydrogens (tertiary/aromatic N) is 6. The van der Waals surface area contributed by atoms with Crippen molar-refractivity contribution in [2.24, 2.45) is 17.8 Å². The number of aryl methyl sites for hydroxylation is 2. The topological polar surface area (TPSA) is 342 Å². The van der Waals surface area contributed by atoms with Gasteiger partial charge in [-0.1, -0.05) is 63.1 Å². The molecule has 540 valence electrons. The molecule has 6 aliphatic rings. The van der Waals surface area contributed by atoms with Crippen molar-refractivity contribution in [3.05, 3.63) is 82.9 Å². The van der Waals surface area contributed by atoms with Gasteiger partial charge in [-0.25, -0.2) is 18.1 Å². The van der Waals surface area contributed by atoms with Crippen molar-refractivity contribution in [2.75, 3.05) is 46.2 Å². The zero-order valence-electron chi connectivity index (χ0n) is 57.2. The number of nitrogens with one attached hydrogen (secondary N) is 4. The van der Waals surface area contributed by atoms with Crippen LogP contribution < -0.4 is 30.7 Å². The van der Waals surface area contributed by atoms with Gasteiger partial charge in [-0.2, -0.15) is 0 Å². The summed E-state index contributed by atoms with van der Waals surface area (Å²) in [5.74, 6) is 3.39. The van der Waals surface area contributed by atoms with Crippen molar-refractivity contribution in [1.29, 1.82) is 0 Å². The van der Waals surface area contributed by atoms with Crippen molar-refractivity contribution in [1.82, 2.24) is 51.3 Å². The van der Waals surface area contributed by atoms with Gasteiger partial charge in [0.25, 0.3) is 47.3 Å². The van der Waals surface area contributed by atoms with E-state index in [-0.39, 0.29) is 81.3 Å². The Labute approximate surface area is 576 Å². The van der Waals surface area contributed by atoms with Crippen molar-refractivity contribution < 1.29 is 85.8 Å². The lowest BCUT2D eigenvalue weighted by atomic mass is 9.90. The maximum atomic E-state index is 14.2. The smallest absolute Gasteiger partial charge is 0.255 e. The van der Waals surface area contributed by atoms with E-state index in [1.165, 1.54) is 31.4 Å². The van der Waals surface area contributed by atoms with Crippen LogP contribution in [0.1, 0.15) is 179 Å². The van der Waals surface area contributed by atoms with Crippen LogP contribution in [0, 0.1) is 54.1 Å². The lowest BCUT2D eigenvalue weighted by Crippen LogP contribution is -2.48. The standard InChI is InChI=1S/2C24H31FN4O5.C10H13NO3.C9H16.C4H5NO3/c2*1-2-24(32,17-9-10-19(25)21(11-17)33-13-16-7-8-16)15-29-18(12-26-28-29)5-3-4-6-20-23(31)27-22(30)14-34-20;1-2-3-4-5-6-8-10(13)11-9(12)7-14-8;1-4-5-6-7-8-9(2)3;6-3-1-8-2-4(7)5-3/h2*9-12,16,20,32H,2-8,13-15H2,1H3,(H,27,30,31);1,8H,3-7H2,(H,11,12,13);1,9H,5-8H2,2-3H3;1-2H2,(H,5,6,7)/t2*20?,24-;;;/m11.../s1. The maximum absolute atomic E-state index is 14.2. The van der Waals surface area contributed by atoms with E-state index >= 15 is 0 Å². The zero-order chi connectivity index (χ0) is 71.7. The molecule has 3 unspecified atom stereocenters. The number of terminal acetylenes is 2. The Bertz CT molecular complexity index is 3220. The number of aromatic nitrogens is 6. The van der Waals surface area contributed by atoms with E-state index < -0.39 is 64.8 Å². The van der Waals surface area contributed by atoms with Crippen molar-refractivity contribution >= 4 is 47.3 Å². The molecule has 5 atom stereocenters.